The number of thiazole rings is 1. The van der Waals surface area contributed by atoms with Crippen LogP contribution in [0.5, 0.6) is 5.88 Å². The van der Waals surface area contributed by atoms with Crippen LogP contribution < -0.4 is 10.1 Å². The number of hydrogen-bond acceptors (Lipinski definition) is 5. The molecular weight excluding hydrogens is 250 g/mol. The van der Waals surface area contributed by atoms with Gasteiger partial charge in [0.2, 0.25) is 11.8 Å². The Morgan fingerprint density at radius 3 is 3.00 bits per heavy atom. The molecule has 5 nitrogen and oxygen atoms in total. The van der Waals surface area contributed by atoms with E-state index in [4.69, 9.17) is 4.74 Å². The van der Waals surface area contributed by atoms with E-state index in [1.54, 1.807) is 6.20 Å². The minimum Gasteiger partial charge on any atom is -0.471 e. The van der Waals surface area contributed by atoms with Crippen LogP contribution >= 0.6 is 11.3 Å². The lowest BCUT2D eigenvalue weighted by atomic mass is 10.3. The first-order valence-corrected chi connectivity index (χ1v) is 6.29. The van der Waals surface area contributed by atoms with Crippen LogP contribution in [-0.4, -0.2) is 15.9 Å². The van der Waals surface area contributed by atoms with Gasteiger partial charge >= 0.3 is 0 Å². The van der Waals surface area contributed by atoms with Gasteiger partial charge in [0.05, 0.1) is 5.69 Å². The molecule has 2 heterocycles. The monoisotopic (exact) mass is 263 g/mol. The van der Waals surface area contributed by atoms with E-state index in [9.17, 15) is 4.79 Å². The molecule has 18 heavy (non-hydrogen) atoms. The zero-order valence-electron chi connectivity index (χ0n) is 10.1. The van der Waals surface area contributed by atoms with Crippen LogP contribution in [-0.2, 0) is 11.4 Å². The number of nitrogens with one attached hydrogen (secondary N) is 1. The molecule has 0 aliphatic heterocycles. The average Bonchev–Trinajstić information content (AvgIpc) is 2.75. The first-order chi connectivity index (χ1) is 8.63. The Morgan fingerprint density at radius 1 is 1.50 bits per heavy atom. The van der Waals surface area contributed by atoms with Gasteiger partial charge in [0.25, 0.3) is 0 Å². The number of aryl methyl sites for hydroxylation is 1. The number of hydrogen-bond donors (Lipinski definition) is 1. The summed E-state index contributed by atoms with van der Waals surface area (Å²) < 4.78 is 5.49. The highest BCUT2D eigenvalue weighted by atomic mass is 32.1. The molecule has 0 radical (unpaired) electrons. The molecule has 0 aliphatic rings. The molecule has 0 fully saturated rings. The molecule has 0 aliphatic carbocycles. The molecule has 0 spiro atoms. The number of amides is 1. The highest BCUT2D eigenvalue weighted by molar-refractivity contribution is 7.13. The number of anilines is 1. The Bertz CT molecular complexity index is 537. The zero-order valence-corrected chi connectivity index (χ0v) is 11.0. The summed E-state index contributed by atoms with van der Waals surface area (Å²) in [5, 5.41) is 5.06. The SMILES string of the molecule is CC(=O)Nc1nc(COc2ccc(C)cn2)cs1. The summed E-state index contributed by atoms with van der Waals surface area (Å²) in [4.78, 5) is 19.2. The molecule has 1 amide bonds. The Balaban J connectivity index is 1.92. The lowest BCUT2D eigenvalue weighted by molar-refractivity contribution is -0.114. The third kappa shape index (κ3) is 3.53. The van der Waals surface area contributed by atoms with Crippen LogP contribution in [0, 0.1) is 6.92 Å². The predicted octanol–water partition coefficient (Wildman–Crippen LogP) is 2.38. The molecule has 0 aromatic carbocycles. The molecular formula is C12H13N3O2S. The molecule has 1 N–H and O–H groups in total. The van der Waals surface area contributed by atoms with E-state index in [1.807, 2.05) is 24.4 Å². The highest BCUT2D eigenvalue weighted by Gasteiger charge is 2.04. The Morgan fingerprint density at radius 2 is 2.33 bits per heavy atom. The normalized spacial score (nSPS) is 10.1. The smallest absolute Gasteiger partial charge is 0.223 e. The van der Waals surface area contributed by atoms with Crippen LogP contribution in [0.3, 0.4) is 0 Å². The number of carbonyl (C=O) groups excluding carboxylic acids is 1. The van der Waals surface area contributed by atoms with Gasteiger partial charge in [-0.25, -0.2) is 9.97 Å². The molecule has 2 rings (SSSR count). The van der Waals surface area contributed by atoms with E-state index in [2.05, 4.69) is 15.3 Å². The van der Waals surface area contributed by atoms with Gasteiger partial charge in [-0.2, -0.15) is 0 Å². The molecule has 0 saturated heterocycles. The van der Waals surface area contributed by atoms with E-state index in [1.165, 1.54) is 18.3 Å². The van der Waals surface area contributed by atoms with Crippen molar-refractivity contribution in [1.82, 2.24) is 9.97 Å². The number of aromatic nitrogens is 2. The molecule has 2 aromatic rings. The van der Waals surface area contributed by atoms with Crippen LogP contribution in [0.2, 0.25) is 0 Å². The Labute approximate surface area is 109 Å². The van der Waals surface area contributed by atoms with Gasteiger partial charge in [0, 0.05) is 24.6 Å². The van der Waals surface area contributed by atoms with Crippen molar-refractivity contribution in [3.05, 3.63) is 35.0 Å². The fraction of sp³-hybridized carbons (Fsp3) is 0.250. The second kappa shape index (κ2) is 5.59. The van der Waals surface area contributed by atoms with Crippen molar-refractivity contribution in [2.75, 3.05) is 5.32 Å². The Hall–Kier alpha value is -1.95. The van der Waals surface area contributed by atoms with E-state index in [0.29, 0.717) is 17.6 Å². The summed E-state index contributed by atoms with van der Waals surface area (Å²) in [5.74, 6) is 0.437. The van der Waals surface area contributed by atoms with Crippen LogP contribution in [0.4, 0.5) is 5.13 Å². The topological polar surface area (TPSA) is 64.1 Å². The van der Waals surface area contributed by atoms with Crippen LogP contribution in [0.15, 0.2) is 23.7 Å². The lowest BCUT2D eigenvalue weighted by Crippen LogP contribution is -2.05. The number of nitrogens with zero attached hydrogens (tertiary/aromatic N) is 2. The van der Waals surface area contributed by atoms with Gasteiger partial charge in [-0.1, -0.05) is 6.07 Å². The van der Waals surface area contributed by atoms with E-state index in [-0.39, 0.29) is 5.91 Å². The summed E-state index contributed by atoms with van der Waals surface area (Å²) in [6.45, 7) is 3.76. The van der Waals surface area contributed by atoms with Crippen molar-refractivity contribution in [1.29, 1.82) is 0 Å². The second-order valence-corrected chi connectivity index (χ2v) is 4.65. The number of rotatable bonds is 4. The molecule has 0 bridgehead atoms. The minimum atomic E-state index is -0.128. The first kappa shape index (κ1) is 12.5. The van der Waals surface area contributed by atoms with Crippen molar-refractivity contribution in [3.8, 4) is 5.88 Å². The van der Waals surface area contributed by atoms with Gasteiger partial charge in [-0.05, 0) is 12.5 Å². The number of pyridine rings is 1. The molecule has 94 valence electrons. The minimum absolute atomic E-state index is 0.128. The maximum Gasteiger partial charge on any atom is 0.223 e. The standard InChI is InChI=1S/C12H13N3O2S/c1-8-3-4-11(13-5-8)17-6-10-7-18-12(15-10)14-9(2)16/h3-5,7H,6H2,1-2H3,(H,14,15,16). The van der Waals surface area contributed by atoms with Gasteiger partial charge in [0.15, 0.2) is 5.13 Å². The van der Waals surface area contributed by atoms with Gasteiger partial charge in [0.1, 0.15) is 6.61 Å². The first-order valence-electron chi connectivity index (χ1n) is 5.41. The number of ether oxygens (including phenoxy) is 1. The molecule has 0 unspecified atom stereocenters. The van der Waals surface area contributed by atoms with Crippen molar-refractivity contribution in [3.63, 3.8) is 0 Å². The lowest BCUT2D eigenvalue weighted by Gasteiger charge is -2.02. The van der Waals surface area contributed by atoms with Gasteiger partial charge in [-0.3, -0.25) is 4.79 Å². The van der Waals surface area contributed by atoms with E-state index in [0.717, 1.165) is 11.3 Å². The van der Waals surface area contributed by atoms with Crippen LogP contribution in [0.1, 0.15) is 18.2 Å². The third-order valence-electron chi connectivity index (χ3n) is 2.09. The highest BCUT2D eigenvalue weighted by Crippen LogP contribution is 2.17. The Kier molecular flexibility index (Phi) is 3.88. The van der Waals surface area contributed by atoms with E-state index < -0.39 is 0 Å². The quantitative estimate of drug-likeness (QED) is 0.919. The summed E-state index contributed by atoms with van der Waals surface area (Å²) in [7, 11) is 0. The van der Waals surface area contributed by atoms with Gasteiger partial charge in [-0.15, -0.1) is 11.3 Å². The summed E-state index contributed by atoms with van der Waals surface area (Å²) in [6, 6.07) is 3.75. The maximum atomic E-state index is 10.8. The molecule has 2 aromatic heterocycles. The van der Waals surface area contributed by atoms with Crippen molar-refractivity contribution < 1.29 is 9.53 Å². The maximum absolute atomic E-state index is 10.8. The van der Waals surface area contributed by atoms with Crippen molar-refractivity contribution in [2.45, 2.75) is 20.5 Å². The summed E-state index contributed by atoms with van der Waals surface area (Å²) in [6.07, 6.45) is 1.75. The summed E-state index contributed by atoms with van der Waals surface area (Å²) in [5.41, 5.74) is 1.86. The average molecular weight is 263 g/mol. The van der Waals surface area contributed by atoms with Crippen molar-refractivity contribution >= 4 is 22.4 Å². The number of carbonyl (C=O) groups is 1. The second-order valence-electron chi connectivity index (χ2n) is 3.79. The third-order valence-corrected chi connectivity index (χ3v) is 2.89. The molecule has 0 saturated carbocycles. The summed E-state index contributed by atoms with van der Waals surface area (Å²) >= 11 is 1.37. The largest absolute Gasteiger partial charge is 0.471 e. The molecule has 6 heteroatoms. The zero-order chi connectivity index (χ0) is 13.0. The fourth-order valence-corrected chi connectivity index (χ4v) is 2.01. The predicted molar refractivity (Wildman–Crippen MR) is 69.7 cm³/mol. The fourth-order valence-electron chi connectivity index (χ4n) is 1.27. The van der Waals surface area contributed by atoms with Crippen LogP contribution in [0.25, 0.3) is 0 Å². The van der Waals surface area contributed by atoms with E-state index >= 15 is 0 Å². The molecule has 0 atom stereocenters. The van der Waals surface area contributed by atoms with Crippen molar-refractivity contribution in [2.24, 2.45) is 0 Å². The van der Waals surface area contributed by atoms with Gasteiger partial charge < -0.3 is 10.1 Å².